The fourth-order valence-corrected chi connectivity index (χ4v) is 4.03. The Labute approximate surface area is 159 Å². The Morgan fingerprint density at radius 3 is 2.15 bits per heavy atom. The maximum Gasteiger partial charge on any atom is 0.356 e. The van der Waals surface area contributed by atoms with Gasteiger partial charge in [0.2, 0.25) is 0 Å². The van der Waals surface area contributed by atoms with E-state index in [9.17, 15) is 10.0 Å². The van der Waals surface area contributed by atoms with E-state index in [0.717, 1.165) is 29.0 Å². The van der Waals surface area contributed by atoms with Crippen LogP contribution in [0.5, 0.6) is 11.5 Å². The molecule has 2 aromatic carbocycles. The van der Waals surface area contributed by atoms with Crippen molar-refractivity contribution in [3.05, 3.63) is 59.7 Å². The van der Waals surface area contributed by atoms with Gasteiger partial charge in [-0.05, 0) is 25.0 Å². The number of carbonyl (C=O) groups is 1. The van der Waals surface area contributed by atoms with E-state index in [-0.39, 0.29) is 0 Å². The van der Waals surface area contributed by atoms with E-state index < -0.39 is 12.1 Å². The second-order valence-electron chi connectivity index (χ2n) is 7.24. The molecule has 0 aromatic heterocycles. The number of amides is 2. The Hall–Kier alpha value is -2.57. The molecule has 6 heteroatoms. The normalized spacial score (nSPS) is 17.0. The Bertz CT molecular complexity index is 774. The number of para-hydroxylation sites is 2. The fourth-order valence-electron chi connectivity index (χ4n) is 4.03. The van der Waals surface area contributed by atoms with Gasteiger partial charge in [-0.15, -0.1) is 0 Å². The number of nitrogens with zero attached hydrogens (tertiary/aromatic N) is 2. The molecule has 0 radical (unpaired) electrons. The number of hydrogen-bond acceptors (Lipinski definition) is 4. The molecule has 6 nitrogen and oxygen atoms in total. The molecular formula is C21H25N3O3. The minimum Gasteiger partial charge on any atom is -0.457 e. The molecule has 1 saturated carbocycles. The molecule has 142 valence electrons. The van der Waals surface area contributed by atoms with Crippen molar-refractivity contribution in [1.29, 1.82) is 0 Å². The number of rotatable bonds is 3. The molecule has 1 fully saturated rings. The molecule has 2 N–H and O–H groups in total. The van der Waals surface area contributed by atoms with Crippen LogP contribution in [0.3, 0.4) is 0 Å². The van der Waals surface area contributed by atoms with Crippen molar-refractivity contribution in [3.8, 4) is 11.5 Å². The molecule has 0 atom stereocenters. The van der Waals surface area contributed by atoms with Crippen molar-refractivity contribution in [2.45, 2.75) is 44.2 Å². The van der Waals surface area contributed by atoms with E-state index in [0.29, 0.717) is 17.5 Å². The van der Waals surface area contributed by atoms with Crippen molar-refractivity contribution in [3.63, 3.8) is 0 Å². The van der Waals surface area contributed by atoms with E-state index >= 15 is 0 Å². The summed E-state index contributed by atoms with van der Waals surface area (Å²) in [5.41, 5.74) is 4.35. The van der Waals surface area contributed by atoms with Crippen molar-refractivity contribution in [2.24, 2.45) is 0 Å². The summed E-state index contributed by atoms with van der Waals surface area (Å²) in [6, 6.07) is 14.1. The number of fused-ring (bicyclic) bond motifs is 2. The quantitative estimate of drug-likeness (QED) is 0.621. The average molecular weight is 367 g/mol. The number of hydrogen-bond donors (Lipinski definition) is 2. The zero-order valence-electron chi connectivity index (χ0n) is 15.5. The van der Waals surface area contributed by atoms with Gasteiger partial charge in [-0.1, -0.05) is 55.7 Å². The van der Waals surface area contributed by atoms with E-state index in [4.69, 9.17) is 4.74 Å². The highest BCUT2D eigenvalue weighted by atomic mass is 16.5. The molecule has 1 aliphatic carbocycles. The van der Waals surface area contributed by atoms with Crippen molar-refractivity contribution in [2.75, 3.05) is 7.05 Å². The van der Waals surface area contributed by atoms with Crippen molar-refractivity contribution < 1.29 is 14.7 Å². The van der Waals surface area contributed by atoms with Gasteiger partial charge in [-0.25, -0.2) is 9.80 Å². The first-order chi connectivity index (χ1) is 13.1. The van der Waals surface area contributed by atoms with Gasteiger partial charge in [0.05, 0.1) is 0 Å². The molecule has 2 amide bonds. The monoisotopic (exact) mass is 367 g/mol. The highest BCUT2D eigenvalue weighted by Gasteiger charge is 2.34. The average Bonchev–Trinajstić information content (AvgIpc) is 2.72. The zero-order chi connectivity index (χ0) is 18.8. The van der Waals surface area contributed by atoms with Crippen molar-refractivity contribution >= 4 is 6.03 Å². The van der Waals surface area contributed by atoms with Crippen LogP contribution in [0.25, 0.3) is 0 Å². The number of urea groups is 1. The molecule has 27 heavy (non-hydrogen) atoms. The van der Waals surface area contributed by atoms with Crippen LogP contribution in [0.15, 0.2) is 48.5 Å². The highest BCUT2D eigenvalue weighted by molar-refractivity contribution is 5.74. The summed E-state index contributed by atoms with van der Waals surface area (Å²) in [6.45, 7) is 0. The number of benzene rings is 2. The fraction of sp³-hybridized carbons (Fsp3) is 0.381. The molecule has 0 bridgehead atoms. The van der Waals surface area contributed by atoms with E-state index in [1.54, 1.807) is 0 Å². The first kappa shape index (κ1) is 17.8. The van der Waals surface area contributed by atoms with Crippen LogP contribution < -0.4 is 10.2 Å². The summed E-state index contributed by atoms with van der Waals surface area (Å²) in [5, 5.41) is 13.4. The Morgan fingerprint density at radius 2 is 1.56 bits per heavy atom. The van der Waals surface area contributed by atoms with Crippen LogP contribution in [-0.2, 0) is 0 Å². The molecule has 2 aromatic rings. The van der Waals surface area contributed by atoms with Gasteiger partial charge in [0, 0.05) is 24.2 Å². The first-order valence-electron chi connectivity index (χ1n) is 9.52. The first-order valence-corrected chi connectivity index (χ1v) is 9.52. The number of hydrazine groups is 1. The minimum atomic E-state index is -0.620. The Balaban J connectivity index is 1.57. The minimum absolute atomic E-state index is 0.311. The molecular weight excluding hydrogens is 342 g/mol. The lowest BCUT2D eigenvalue weighted by molar-refractivity contribution is -0.0774. The molecule has 1 aliphatic heterocycles. The number of ether oxygens (including phenoxy) is 1. The second kappa shape index (κ2) is 7.58. The maximum atomic E-state index is 12.8. The summed E-state index contributed by atoms with van der Waals surface area (Å²) in [5.74, 6) is 1.29. The zero-order valence-corrected chi connectivity index (χ0v) is 15.5. The predicted molar refractivity (Wildman–Crippen MR) is 102 cm³/mol. The van der Waals surface area contributed by atoms with Gasteiger partial charge in [0.15, 0.2) is 0 Å². The van der Waals surface area contributed by atoms with Crippen LogP contribution in [0.1, 0.15) is 49.3 Å². The summed E-state index contributed by atoms with van der Waals surface area (Å²) in [7, 11) is 1.87. The SMILES string of the molecule is CN(NC(=O)N(O)C1c2ccccc2Oc2ccccc21)C1CCCCC1. The highest BCUT2D eigenvalue weighted by Crippen LogP contribution is 2.44. The standard InChI is InChI=1S/C21H25N3O3/c1-23(15-9-3-2-4-10-15)22-21(25)24(26)20-16-11-5-7-13-18(16)27-19-14-8-6-12-17(19)20/h5-8,11-15,20,26H,2-4,9-10H2,1H3,(H,22,25). The Kier molecular flexibility index (Phi) is 5.01. The third-order valence-electron chi connectivity index (χ3n) is 5.49. The number of nitrogens with one attached hydrogen (secondary N) is 1. The smallest absolute Gasteiger partial charge is 0.356 e. The summed E-state index contributed by atoms with van der Waals surface area (Å²) in [6.07, 6.45) is 5.72. The molecule has 0 saturated heterocycles. The van der Waals surface area contributed by atoms with Crippen LogP contribution >= 0.6 is 0 Å². The molecule has 1 heterocycles. The van der Waals surface area contributed by atoms with Crippen molar-refractivity contribution in [1.82, 2.24) is 15.5 Å². The van der Waals surface area contributed by atoms with Gasteiger partial charge < -0.3 is 4.74 Å². The molecule has 0 spiro atoms. The molecule has 4 rings (SSSR count). The van der Waals surface area contributed by atoms with E-state index in [1.165, 1.54) is 19.3 Å². The van der Waals surface area contributed by atoms with Crippen LogP contribution in [0.2, 0.25) is 0 Å². The lowest BCUT2D eigenvalue weighted by Crippen LogP contribution is -2.51. The van der Waals surface area contributed by atoms with Gasteiger partial charge in [-0.3, -0.25) is 10.6 Å². The third-order valence-corrected chi connectivity index (χ3v) is 5.49. The van der Waals surface area contributed by atoms with Crippen LogP contribution in [0.4, 0.5) is 4.79 Å². The van der Waals surface area contributed by atoms with Gasteiger partial charge in [0.25, 0.3) is 0 Å². The maximum absolute atomic E-state index is 12.8. The number of hydroxylamine groups is 2. The Morgan fingerprint density at radius 1 is 1.00 bits per heavy atom. The largest absolute Gasteiger partial charge is 0.457 e. The topological polar surface area (TPSA) is 65.0 Å². The predicted octanol–water partition coefficient (Wildman–Crippen LogP) is 4.46. The summed E-state index contributed by atoms with van der Waals surface area (Å²) in [4.78, 5) is 12.8. The van der Waals surface area contributed by atoms with Gasteiger partial charge in [-0.2, -0.15) is 5.06 Å². The summed E-state index contributed by atoms with van der Waals surface area (Å²) < 4.78 is 5.93. The molecule has 2 aliphatic rings. The van der Waals surface area contributed by atoms with E-state index in [1.807, 2.05) is 60.6 Å². The van der Waals surface area contributed by atoms with Crippen LogP contribution in [-0.4, -0.2) is 34.4 Å². The second-order valence-corrected chi connectivity index (χ2v) is 7.24. The van der Waals surface area contributed by atoms with Gasteiger partial charge >= 0.3 is 6.03 Å². The lowest BCUT2D eigenvalue weighted by atomic mass is 9.94. The van der Waals surface area contributed by atoms with Gasteiger partial charge in [0.1, 0.15) is 17.5 Å². The summed E-state index contributed by atoms with van der Waals surface area (Å²) >= 11 is 0. The van der Waals surface area contributed by atoms with Crippen LogP contribution in [0, 0.1) is 0 Å². The van der Waals surface area contributed by atoms with E-state index in [2.05, 4.69) is 5.43 Å². The third kappa shape index (κ3) is 3.50. The molecule has 0 unspecified atom stereocenters. The number of carbonyl (C=O) groups excluding carboxylic acids is 1. The lowest BCUT2D eigenvalue weighted by Gasteiger charge is -2.35.